The van der Waals surface area contributed by atoms with Crippen molar-refractivity contribution in [3.05, 3.63) is 48.0 Å². The maximum atomic E-state index is 12.7. The third-order valence-corrected chi connectivity index (χ3v) is 4.69. The predicted molar refractivity (Wildman–Crippen MR) is 87.5 cm³/mol. The van der Waals surface area contributed by atoms with E-state index < -0.39 is 0 Å². The number of nitrogens with zero attached hydrogens (tertiary/aromatic N) is 1. The number of hydrogen-bond acceptors (Lipinski definition) is 1. The Morgan fingerprint density at radius 1 is 0.952 bits per heavy atom. The lowest BCUT2D eigenvalue weighted by Gasteiger charge is -2.27. The highest BCUT2D eigenvalue weighted by molar-refractivity contribution is 5.98. The van der Waals surface area contributed by atoms with E-state index in [1.165, 1.54) is 31.1 Å². The first-order chi connectivity index (χ1) is 10.3. The fourth-order valence-corrected chi connectivity index (χ4v) is 3.34. The number of hydrogen-bond donors (Lipinski definition) is 0. The Kier molecular flexibility index (Phi) is 4.23. The number of carbonyl (C=O) groups excluding carboxylic acids is 1. The van der Waals surface area contributed by atoms with Gasteiger partial charge < -0.3 is 4.90 Å². The van der Waals surface area contributed by atoms with Crippen LogP contribution >= 0.6 is 0 Å². The van der Waals surface area contributed by atoms with Crippen molar-refractivity contribution in [1.82, 2.24) is 4.90 Å². The van der Waals surface area contributed by atoms with Crippen molar-refractivity contribution >= 4 is 16.7 Å². The van der Waals surface area contributed by atoms with Crippen LogP contribution in [0.25, 0.3) is 10.8 Å². The van der Waals surface area contributed by atoms with Crippen LogP contribution in [0.5, 0.6) is 0 Å². The van der Waals surface area contributed by atoms with Crippen molar-refractivity contribution in [2.75, 3.05) is 7.05 Å². The summed E-state index contributed by atoms with van der Waals surface area (Å²) >= 11 is 0. The number of fused-ring (bicyclic) bond motifs is 1. The third-order valence-electron chi connectivity index (χ3n) is 4.69. The lowest BCUT2D eigenvalue weighted by molar-refractivity contribution is 0.0718. The summed E-state index contributed by atoms with van der Waals surface area (Å²) in [5, 5.41) is 2.32. The Bertz CT molecular complexity index is 626. The second-order valence-electron chi connectivity index (χ2n) is 6.12. The maximum Gasteiger partial charge on any atom is 0.253 e. The van der Waals surface area contributed by atoms with Crippen LogP contribution in [0.3, 0.4) is 0 Å². The second kappa shape index (κ2) is 6.30. The normalized spacial score (nSPS) is 16.6. The molecule has 2 nitrogen and oxygen atoms in total. The monoisotopic (exact) mass is 281 g/mol. The molecule has 0 saturated heterocycles. The van der Waals surface area contributed by atoms with Gasteiger partial charge in [-0.15, -0.1) is 0 Å². The van der Waals surface area contributed by atoms with Gasteiger partial charge in [0, 0.05) is 18.7 Å². The van der Waals surface area contributed by atoms with Gasteiger partial charge in [0.05, 0.1) is 0 Å². The topological polar surface area (TPSA) is 20.3 Å². The SMILES string of the molecule is CN(C(=O)c1ccc2ccccc2c1)C1CCCCCC1. The van der Waals surface area contributed by atoms with Gasteiger partial charge in [-0.1, -0.05) is 56.0 Å². The van der Waals surface area contributed by atoms with E-state index in [-0.39, 0.29) is 5.91 Å². The first-order valence-electron chi connectivity index (χ1n) is 8.02. The van der Waals surface area contributed by atoms with Gasteiger partial charge in [-0.05, 0) is 35.7 Å². The highest BCUT2D eigenvalue weighted by Gasteiger charge is 2.22. The molecule has 1 aliphatic carbocycles. The van der Waals surface area contributed by atoms with Crippen molar-refractivity contribution in [3.63, 3.8) is 0 Å². The van der Waals surface area contributed by atoms with E-state index in [2.05, 4.69) is 12.1 Å². The molecule has 1 saturated carbocycles. The minimum Gasteiger partial charge on any atom is -0.339 e. The van der Waals surface area contributed by atoms with Crippen molar-refractivity contribution in [2.24, 2.45) is 0 Å². The van der Waals surface area contributed by atoms with E-state index in [0.717, 1.165) is 23.8 Å². The number of benzene rings is 2. The molecule has 2 aromatic carbocycles. The van der Waals surface area contributed by atoms with E-state index in [1.54, 1.807) is 0 Å². The van der Waals surface area contributed by atoms with Crippen LogP contribution in [0.2, 0.25) is 0 Å². The van der Waals surface area contributed by atoms with E-state index in [0.29, 0.717) is 6.04 Å². The zero-order chi connectivity index (χ0) is 14.7. The average molecular weight is 281 g/mol. The van der Waals surface area contributed by atoms with Gasteiger partial charge in [-0.3, -0.25) is 4.79 Å². The molecule has 0 spiro atoms. The molecule has 2 aromatic rings. The molecule has 2 heteroatoms. The predicted octanol–water partition coefficient (Wildman–Crippen LogP) is 4.63. The second-order valence-corrected chi connectivity index (χ2v) is 6.12. The Balaban J connectivity index is 1.81. The standard InChI is InChI=1S/C19H23NO/c1-20(18-10-4-2-3-5-11-18)19(21)17-13-12-15-8-6-7-9-16(15)14-17/h6-9,12-14,18H,2-5,10-11H2,1H3. The zero-order valence-corrected chi connectivity index (χ0v) is 12.7. The van der Waals surface area contributed by atoms with Crippen molar-refractivity contribution in [2.45, 2.75) is 44.6 Å². The minimum absolute atomic E-state index is 0.160. The Labute approximate surface area is 126 Å². The summed E-state index contributed by atoms with van der Waals surface area (Å²) in [5.41, 5.74) is 0.806. The Morgan fingerprint density at radius 2 is 1.62 bits per heavy atom. The van der Waals surface area contributed by atoms with Crippen LogP contribution in [-0.4, -0.2) is 23.9 Å². The molecule has 1 fully saturated rings. The summed E-state index contributed by atoms with van der Waals surface area (Å²) in [5.74, 6) is 0.160. The zero-order valence-electron chi connectivity index (χ0n) is 12.7. The van der Waals surface area contributed by atoms with Gasteiger partial charge >= 0.3 is 0 Å². The Morgan fingerprint density at radius 3 is 2.33 bits per heavy atom. The lowest BCUT2D eigenvalue weighted by Crippen LogP contribution is -2.36. The minimum atomic E-state index is 0.160. The molecular formula is C19H23NO. The summed E-state index contributed by atoms with van der Waals surface area (Å²) < 4.78 is 0. The summed E-state index contributed by atoms with van der Waals surface area (Å²) in [7, 11) is 1.97. The smallest absolute Gasteiger partial charge is 0.253 e. The molecular weight excluding hydrogens is 258 g/mol. The van der Waals surface area contributed by atoms with Crippen LogP contribution in [0, 0.1) is 0 Å². The maximum absolute atomic E-state index is 12.7. The largest absolute Gasteiger partial charge is 0.339 e. The van der Waals surface area contributed by atoms with Crippen LogP contribution in [0.1, 0.15) is 48.9 Å². The lowest BCUT2D eigenvalue weighted by atomic mass is 10.0. The van der Waals surface area contributed by atoms with Gasteiger partial charge in [0.1, 0.15) is 0 Å². The fourth-order valence-electron chi connectivity index (χ4n) is 3.34. The highest BCUT2D eigenvalue weighted by atomic mass is 16.2. The molecule has 110 valence electrons. The van der Waals surface area contributed by atoms with Crippen LogP contribution in [0.15, 0.2) is 42.5 Å². The van der Waals surface area contributed by atoms with Crippen LogP contribution < -0.4 is 0 Å². The van der Waals surface area contributed by atoms with E-state index in [9.17, 15) is 4.79 Å². The molecule has 0 heterocycles. The third kappa shape index (κ3) is 3.10. The van der Waals surface area contributed by atoms with Crippen LogP contribution in [0.4, 0.5) is 0 Å². The molecule has 1 amide bonds. The van der Waals surface area contributed by atoms with E-state index >= 15 is 0 Å². The van der Waals surface area contributed by atoms with Gasteiger partial charge in [-0.25, -0.2) is 0 Å². The van der Waals surface area contributed by atoms with Crippen molar-refractivity contribution in [3.8, 4) is 0 Å². The van der Waals surface area contributed by atoms with Gasteiger partial charge in [-0.2, -0.15) is 0 Å². The van der Waals surface area contributed by atoms with Crippen LogP contribution in [-0.2, 0) is 0 Å². The average Bonchev–Trinajstić information content (AvgIpc) is 2.82. The number of rotatable bonds is 2. The summed E-state index contributed by atoms with van der Waals surface area (Å²) in [6.07, 6.45) is 7.43. The van der Waals surface area contributed by atoms with E-state index in [4.69, 9.17) is 0 Å². The van der Waals surface area contributed by atoms with Crippen molar-refractivity contribution < 1.29 is 4.79 Å². The molecule has 0 N–H and O–H groups in total. The molecule has 0 aromatic heterocycles. The highest BCUT2D eigenvalue weighted by Crippen LogP contribution is 2.23. The summed E-state index contributed by atoms with van der Waals surface area (Å²) in [6, 6.07) is 14.6. The first kappa shape index (κ1) is 14.1. The first-order valence-corrected chi connectivity index (χ1v) is 8.02. The molecule has 0 aliphatic heterocycles. The molecule has 3 rings (SSSR count). The van der Waals surface area contributed by atoms with Crippen molar-refractivity contribution in [1.29, 1.82) is 0 Å². The molecule has 0 atom stereocenters. The van der Waals surface area contributed by atoms with E-state index in [1.807, 2.05) is 42.3 Å². The van der Waals surface area contributed by atoms with Gasteiger partial charge in [0.2, 0.25) is 0 Å². The summed E-state index contributed by atoms with van der Waals surface area (Å²) in [4.78, 5) is 14.7. The Hall–Kier alpha value is -1.83. The molecule has 21 heavy (non-hydrogen) atoms. The number of amides is 1. The van der Waals surface area contributed by atoms with Gasteiger partial charge in [0.25, 0.3) is 5.91 Å². The van der Waals surface area contributed by atoms with Gasteiger partial charge in [0.15, 0.2) is 0 Å². The summed E-state index contributed by atoms with van der Waals surface area (Å²) in [6.45, 7) is 0. The molecule has 0 unspecified atom stereocenters. The number of carbonyl (C=O) groups is 1. The molecule has 1 aliphatic rings. The fraction of sp³-hybridized carbons (Fsp3) is 0.421. The quantitative estimate of drug-likeness (QED) is 0.735. The molecule has 0 radical (unpaired) electrons. The molecule has 0 bridgehead atoms.